The molecule has 1 aromatic rings. The highest BCUT2D eigenvalue weighted by Gasteiger charge is 2.10. The average Bonchev–Trinajstić information content (AvgIpc) is 2.64. The molecule has 1 fully saturated rings. The maximum atomic E-state index is 9.38. The molecular weight excluding hydrogens is 308 g/mol. The summed E-state index contributed by atoms with van der Waals surface area (Å²) in [5, 5.41) is 21.3. The first-order valence-corrected chi connectivity index (χ1v) is 8.79. The Morgan fingerprint density at radius 3 is 2.71 bits per heavy atom. The van der Waals surface area contributed by atoms with Gasteiger partial charge in [0.2, 0.25) is 0 Å². The van der Waals surface area contributed by atoms with E-state index in [0.29, 0.717) is 12.4 Å². The Morgan fingerprint density at radius 1 is 1.21 bits per heavy atom. The first-order chi connectivity index (χ1) is 11.7. The van der Waals surface area contributed by atoms with Crippen LogP contribution >= 0.6 is 0 Å². The molecule has 1 atom stereocenters. The van der Waals surface area contributed by atoms with E-state index in [9.17, 15) is 5.11 Å². The van der Waals surface area contributed by atoms with E-state index in [-0.39, 0.29) is 13.2 Å². The zero-order valence-electron chi connectivity index (χ0n) is 14.5. The van der Waals surface area contributed by atoms with Crippen molar-refractivity contribution in [1.29, 1.82) is 0 Å². The molecule has 2 rings (SSSR count). The van der Waals surface area contributed by atoms with Gasteiger partial charge in [0.15, 0.2) is 11.5 Å². The van der Waals surface area contributed by atoms with Crippen molar-refractivity contribution in [1.82, 2.24) is 4.90 Å². The molecule has 0 aromatic heterocycles. The summed E-state index contributed by atoms with van der Waals surface area (Å²) in [5.74, 6) is 1.39. The number of aliphatic hydroxyl groups is 2. The molecule has 0 bridgehead atoms. The van der Waals surface area contributed by atoms with Crippen molar-refractivity contribution < 1.29 is 19.7 Å². The minimum absolute atomic E-state index is 0.262. The summed E-state index contributed by atoms with van der Waals surface area (Å²) >= 11 is 0. The number of likely N-dealkylation sites (tertiary alicyclic amines) is 1. The lowest BCUT2D eigenvalue weighted by Gasteiger charge is -2.26. The molecule has 6 nitrogen and oxygen atoms in total. The van der Waals surface area contributed by atoms with Crippen molar-refractivity contribution in [2.75, 3.05) is 51.8 Å². The van der Waals surface area contributed by atoms with Gasteiger partial charge in [0.25, 0.3) is 0 Å². The van der Waals surface area contributed by atoms with Gasteiger partial charge in [-0.3, -0.25) is 0 Å². The standard InChI is InChI=1S/C18H30N2O4/c1-23-18-12-15(19-13-16(22)14-21)6-7-17(18)24-11-5-10-20-8-3-2-4-9-20/h6-7,12,16,19,21-22H,2-5,8-11,13-14H2,1H3. The largest absolute Gasteiger partial charge is 0.493 e. The highest BCUT2D eigenvalue weighted by Crippen LogP contribution is 2.30. The number of methoxy groups -OCH3 is 1. The molecule has 1 saturated heterocycles. The average molecular weight is 338 g/mol. The van der Waals surface area contributed by atoms with E-state index in [1.807, 2.05) is 18.2 Å². The zero-order chi connectivity index (χ0) is 17.2. The third-order valence-electron chi connectivity index (χ3n) is 4.24. The normalized spacial score (nSPS) is 16.6. The number of nitrogens with one attached hydrogen (secondary N) is 1. The smallest absolute Gasteiger partial charge is 0.162 e. The number of piperidine rings is 1. The van der Waals surface area contributed by atoms with Crippen molar-refractivity contribution in [2.45, 2.75) is 31.8 Å². The Bertz CT molecular complexity index is 478. The van der Waals surface area contributed by atoms with E-state index in [1.165, 1.54) is 32.4 Å². The van der Waals surface area contributed by atoms with E-state index in [0.717, 1.165) is 24.4 Å². The summed E-state index contributed by atoms with van der Waals surface area (Å²) in [6.07, 6.45) is 4.22. The Kier molecular flexibility index (Phi) is 8.15. The molecular formula is C18H30N2O4. The van der Waals surface area contributed by atoms with Gasteiger partial charge >= 0.3 is 0 Å². The van der Waals surface area contributed by atoms with Crippen LogP contribution in [0, 0.1) is 0 Å². The molecule has 1 unspecified atom stereocenters. The number of ether oxygens (including phenoxy) is 2. The van der Waals surface area contributed by atoms with Crippen molar-refractivity contribution in [3.63, 3.8) is 0 Å². The van der Waals surface area contributed by atoms with Crippen LogP contribution in [0.25, 0.3) is 0 Å². The molecule has 1 heterocycles. The molecule has 3 N–H and O–H groups in total. The lowest BCUT2D eigenvalue weighted by Crippen LogP contribution is -2.31. The summed E-state index contributed by atoms with van der Waals surface area (Å²) in [6.45, 7) is 4.20. The van der Waals surface area contributed by atoms with Gasteiger partial charge in [-0.05, 0) is 44.5 Å². The van der Waals surface area contributed by atoms with Crippen LogP contribution < -0.4 is 14.8 Å². The fourth-order valence-electron chi connectivity index (χ4n) is 2.85. The van der Waals surface area contributed by atoms with E-state index in [1.54, 1.807) is 7.11 Å². The second-order valence-corrected chi connectivity index (χ2v) is 6.19. The van der Waals surface area contributed by atoms with Crippen molar-refractivity contribution in [2.24, 2.45) is 0 Å². The van der Waals surface area contributed by atoms with Crippen molar-refractivity contribution >= 4 is 5.69 Å². The Morgan fingerprint density at radius 2 is 2.00 bits per heavy atom. The maximum Gasteiger partial charge on any atom is 0.162 e. The molecule has 1 aliphatic heterocycles. The zero-order valence-corrected chi connectivity index (χ0v) is 14.5. The van der Waals surface area contributed by atoms with Crippen LogP contribution in [0.5, 0.6) is 11.5 Å². The SMILES string of the molecule is COc1cc(NCC(O)CO)ccc1OCCCN1CCCCC1. The van der Waals surface area contributed by atoms with Crippen LogP contribution in [0.2, 0.25) is 0 Å². The van der Waals surface area contributed by atoms with Gasteiger partial charge in [-0.1, -0.05) is 6.42 Å². The third kappa shape index (κ3) is 6.19. The number of rotatable bonds is 10. The minimum Gasteiger partial charge on any atom is -0.493 e. The van der Waals surface area contributed by atoms with Gasteiger partial charge < -0.3 is 29.9 Å². The van der Waals surface area contributed by atoms with Crippen LogP contribution in [-0.2, 0) is 0 Å². The first kappa shape index (κ1) is 18.8. The molecule has 0 aliphatic carbocycles. The second kappa shape index (κ2) is 10.4. The fraction of sp³-hybridized carbons (Fsp3) is 0.667. The molecule has 24 heavy (non-hydrogen) atoms. The predicted molar refractivity (Wildman–Crippen MR) is 95.0 cm³/mol. The fourth-order valence-corrected chi connectivity index (χ4v) is 2.85. The van der Waals surface area contributed by atoms with E-state index in [4.69, 9.17) is 14.6 Å². The van der Waals surface area contributed by atoms with Crippen LogP contribution in [-0.4, -0.2) is 67.7 Å². The first-order valence-electron chi connectivity index (χ1n) is 8.79. The highest BCUT2D eigenvalue weighted by atomic mass is 16.5. The number of anilines is 1. The quantitative estimate of drug-likeness (QED) is 0.564. The molecule has 1 aromatic carbocycles. The Hall–Kier alpha value is -1.50. The van der Waals surface area contributed by atoms with Gasteiger partial charge in [0.05, 0.1) is 26.4 Å². The summed E-state index contributed by atoms with van der Waals surface area (Å²) in [6, 6.07) is 5.59. The number of nitrogens with zero attached hydrogens (tertiary/aromatic N) is 1. The lowest BCUT2D eigenvalue weighted by molar-refractivity contribution is 0.105. The molecule has 6 heteroatoms. The number of hydrogen-bond acceptors (Lipinski definition) is 6. The topological polar surface area (TPSA) is 74.2 Å². The maximum absolute atomic E-state index is 9.38. The highest BCUT2D eigenvalue weighted by molar-refractivity contribution is 5.54. The molecule has 1 aliphatic rings. The molecule has 0 amide bonds. The summed E-state index contributed by atoms with van der Waals surface area (Å²) in [5.41, 5.74) is 0.819. The molecule has 136 valence electrons. The second-order valence-electron chi connectivity index (χ2n) is 6.19. The van der Waals surface area contributed by atoms with E-state index >= 15 is 0 Å². The van der Waals surface area contributed by atoms with Gasteiger partial charge in [0, 0.05) is 24.8 Å². The summed E-state index contributed by atoms with van der Waals surface area (Å²) in [4.78, 5) is 2.50. The van der Waals surface area contributed by atoms with Crippen LogP contribution in [0.15, 0.2) is 18.2 Å². The minimum atomic E-state index is -0.776. The van der Waals surface area contributed by atoms with Gasteiger partial charge in [-0.2, -0.15) is 0 Å². The van der Waals surface area contributed by atoms with Crippen LogP contribution in [0.1, 0.15) is 25.7 Å². The number of benzene rings is 1. The number of hydrogen-bond donors (Lipinski definition) is 3. The number of aliphatic hydroxyl groups excluding tert-OH is 2. The van der Waals surface area contributed by atoms with Gasteiger partial charge in [-0.25, -0.2) is 0 Å². The Labute approximate surface area is 144 Å². The Balaban J connectivity index is 1.77. The molecule has 0 saturated carbocycles. The third-order valence-corrected chi connectivity index (χ3v) is 4.24. The van der Waals surface area contributed by atoms with Crippen LogP contribution in [0.4, 0.5) is 5.69 Å². The lowest BCUT2D eigenvalue weighted by atomic mass is 10.1. The van der Waals surface area contributed by atoms with Gasteiger partial charge in [-0.15, -0.1) is 0 Å². The van der Waals surface area contributed by atoms with Crippen molar-refractivity contribution in [3.05, 3.63) is 18.2 Å². The van der Waals surface area contributed by atoms with Crippen molar-refractivity contribution in [3.8, 4) is 11.5 Å². The summed E-state index contributed by atoms with van der Waals surface area (Å²) < 4.78 is 11.2. The van der Waals surface area contributed by atoms with Crippen LogP contribution in [0.3, 0.4) is 0 Å². The van der Waals surface area contributed by atoms with E-state index in [2.05, 4.69) is 10.2 Å². The predicted octanol–water partition coefficient (Wildman–Crippen LogP) is 1.72. The molecule has 0 radical (unpaired) electrons. The van der Waals surface area contributed by atoms with E-state index < -0.39 is 6.10 Å². The molecule has 0 spiro atoms. The monoisotopic (exact) mass is 338 g/mol. The summed E-state index contributed by atoms with van der Waals surface area (Å²) in [7, 11) is 1.61. The van der Waals surface area contributed by atoms with Gasteiger partial charge in [0.1, 0.15) is 0 Å².